The van der Waals surface area contributed by atoms with E-state index in [1.165, 1.54) is 12.1 Å². The number of nitrogens with one attached hydrogen (secondary N) is 1. The first kappa shape index (κ1) is 15.2. The molecule has 0 aliphatic heterocycles. The zero-order valence-corrected chi connectivity index (χ0v) is 12.2. The van der Waals surface area contributed by atoms with Crippen molar-refractivity contribution in [1.82, 2.24) is 9.71 Å². The fraction of sp³-hybridized carbons (Fsp3) is 0.200. The lowest BCUT2D eigenvalue weighted by atomic mass is 10.2. The second-order valence-corrected chi connectivity index (χ2v) is 6.17. The number of benzene rings is 1. The normalized spacial score (nSPS) is 11.0. The lowest BCUT2D eigenvalue weighted by molar-refractivity contribution is 0.578. The number of aromatic nitrogens is 1. The van der Waals surface area contributed by atoms with E-state index in [2.05, 4.69) is 9.71 Å². The van der Waals surface area contributed by atoms with E-state index in [0.717, 1.165) is 5.69 Å². The van der Waals surface area contributed by atoms with E-state index in [4.69, 9.17) is 5.26 Å². The van der Waals surface area contributed by atoms with Crippen molar-refractivity contribution < 1.29 is 8.42 Å². The van der Waals surface area contributed by atoms with Crippen molar-refractivity contribution in [2.75, 3.05) is 6.54 Å². The van der Waals surface area contributed by atoms with Gasteiger partial charge in [0.2, 0.25) is 10.0 Å². The second-order valence-electron chi connectivity index (χ2n) is 4.43. The molecule has 0 aliphatic carbocycles. The lowest BCUT2D eigenvalue weighted by Crippen LogP contribution is -2.25. The lowest BCUT2D eigenvalue weighted by Gasteiger charge is -2.07. The van der Waals surface area contributed by atoms with Crippen LogP contribution in [0.5, 0.6) is 0 Å². The first-order chi connectivity index (χ1) is 10.1. The Kier molecular flexibility index (Phi) is 5.04. The Morgan fingerprint density at radius 3 is 2.62 bits per heavy atom. The van der Waals surface area contributed by atoms with Crippen LogP contribution in [0.4, 0.5) is 0 Å². The third-order valence-electron chi connectivity index (χ3n) is 2.92. The minimum absolute atomic E-state index is 0.0188. The summed E-state index contributed by atoms with van der Waals surface area (Å²) < 4.78 is 26.8. The van der Waals surface area contributed by atoms with E-state index < -0.39 is 10.0 Å². The van der Waals surface area contributed by atoms with Crippen molar-refractivity contribution in [1.29, 1.82) is 5.26 Å². The second kappa shape index (κ2) is 6.97. The fourth-order valence-electron chi connectivity index (χ4n) is 1.89. The van der Waals surface area contributed by atoms with E-state index in [-0.39, 0.29) is 10.5 Å². The van der Waals surface area contributed by atoms with Crippen molar-refractivity contribution in [3.05, 3.63) is 59.9 Å². The summed E-state index contributed by atoms with van der Waals surface area (Å²) in [4.78, 5) is 4.20. The van der Waals surface area contributed by atoms with Gasteiger partial charge >= 0.3 is 0 Å². The maximum absolute atomic E-state index is 12.1. The fourth-order valence-corrected chi connectivity index (χ4v) is 3.12. The standard InChI is InChI=1S/C15H15N3O2S/c16-12-13-6-1-2-9-15(13)21(19,20)18-11-5-8-14-7-3-4-10-17-14/h1-4,6-7,9-10,18H,5,8,11H2. The smallest absolute Gasteiger partial charge is 0.241 e. The molecule has 0 fully saturated rings. The van der Waals surface area contributed by atoms with E-state index in [1.54, 1.807) is 18.3 Å². The molecule has 21 heavy (non-hydrogen) atoms. The largest absolute Gasteiger partial charge is 0.261 e. The summed E-state index contributed by atoms with van der Waals surface area (Å²) >= 11 is 0. The third kappa shape index (κ3) is 4.12. The third-order valence-corrected chi connectivity index (χ3v) is 4.44. The number of rotatable bonds is 6. The topological polar surface area (TPSA) is 82.8 Å². The van der Waals surface area contributed by atoms with Gasteiger partial charge in [0.15, 0.2) is 0 Å². The van der Waals surface area contributed by atoms with Crippen molar-refractivity contribution in [2.45, 2.75) is 17.7 Å². The van der Waals surface area contributed by atoms with Gasteiger partial charge in [-0.1, -0.05) is 18.2 Å². The average Bonchev–Trinajstić information content (AvgIpc) is 2.52. The van der Waals surface area contributed by atoms with Crippen LogP contribution in [0.2, 0.25) is 0 Å². The molecule has 1 aromatic carbocycles. The molecule has 0 aliphatic rings. The Bertz CT molecular complexity index is 737. The van der Waals surface area contributed by atoms with Crippen LogP contribution < -0.4 is 4.72 Å². The molecule has 5 nitrogen and oxygen atoms in total. The maximum atomic E-state index is 12.1. The molecule has 6 heteroatoms. The van der Waals surface area contributed by atoms with Crippen LogP contribution in [0.15, 0.2) is 53.6 Å². The molecule has 1 N–H and O–H groups in total. The molecule has 0 saturated carbocycles. The minimum Gasteiger partial charge on any atom is -0.261 e. The van der Waals surface area contributed by atoms with Gasteiger partial charge in [0.05, 0.1) is 10.5 Å². The molecular weight excluding hydrogens is 286 g/mol. The van der Waals surface area contributed by atoms with Gasteiger partial charge in [-0.05, 0) is 37.1 Å². The Morgan fingerprint density at radius 1 is 1.14 bits per heavy atom. The number of aryl methyl sites for hydroxylation is 1. The molecule has 0 amide bonds. The van der Waals surface area contributed by atoms with Crippen LogP contribution in [0, 0.1) is 11.3 Å². The summed E-state index contributed by atoms with van der Waals surface area (Å²) in [5.74, 6) is 0. The van der Waals surface area contributed by atoms with Gasteiger partial charge in [-0.3, -0.25) is 4.98 Å². The van der Waals surface area contributed by atoms with Crippen molar-refractivity contribution in [3.8, 4) is 6.07 Å². The van der Waals surface area contributed by atoms with Crippen LogP contribution in [-0.4, -0.2) is 19.9 Å². The monoisotopic (exact) mass is 301 g/mol. The summed E-state index contributed by atoms with van der Waals surface area (Å²) in [5, 5.41) is 8.95. The first-order valence-electron chi connectivity index (χ1n) is 6.52. The summed E-state index contributed by atoms with van der Waals surface area (Å²) in [5.41, 5.74) is 1.07. The molecule has 0 bridgehead atoms. The quantitative estimate of drug-likeness (QED) is 0.826. The Hall–Kier alpha value is -2.23. The van der Waals surface area contributed by atoms with Gasteiger partial charge in [-0.2, -0.15) is 5.26 Å². The highest BCUT2D eigenvalue weighted by Crippen LogP contribution is 2.14. The van der Waals surface area contributed by atoms with Crippen molar-refractivity contribution >= 4 is 10.0 Å². The molecule has 2 rings (SSSR count). The zero-order valence-electron chi connectivity index (χ0n) is 11.4. The Balaban J connectivity index is 1.95. The molecular formula is C15H15N3O2S. The molecule has 0 spiro atoms. The molecule has 0 unspecified atom stereocenters. The number of sulfonamides is 1. The average molecular weight is 301 g/mol. The first-order valence-corrected chi connectivity index (χ1v) is 8.00. The zero-order chi connectivity index (χ0) is 15.1. The Morgan fingerprint density at radius 2 is 1.90 bits per heavy atom. The highest BCUT2D eigenvalue weighted by Gasteiger charge is 2.17. The van der Waals surface area contributed by atoms with E-state index in [1.807, 2.05) is 24.3 Å². The highest BCUT2D eigenvalue weighted by molar-refractivity contribution is 7.89. The predicted molar refractivity (Wildman–Crippen MR) is 78.9 cm³/mol. The highest BCUT2D eigenvalue weighted by atomic mass is 32.2. The number of pyridine rings is 1. The van der Waals surface area contributed by atoms with Crippen LogP contribution in [0.1, 0.15) is 17.7 Å². The minimum atomic E-state index is -3.65. The van der Waals surface area contributed by atoms with Crippen molar-refractivity contribution in [3.63, 3.8) is 0 Å². The van der Waals surface area contributed by atoms with E-state index in [0.29, 0.717) is 19.4 Å². The molecule has 0 atom stereocenters. The molecule has 2 aromatic rings. The molecule has 0 radical (unpaired) electrons. The molecule has 0 saturated heterocycles. The van der Waals surface area contributed by atoms with Crippen LogP contribution in [0.25, 0.3) is 0 Å². The summed E-state index contributed by atoms with van der Waals surface area (Å²) in [6.45, 7) is 0.304. The van der Waals surface area contributed by atoms with Gasteiger partial charge in [-0.25, -0.2) is 13.1 Å². The number of nitrogens with zero attached hydrogens (tertiary/aromatic N) is 2. The predicted octanol–water partition coefficient (Wildman–Crippen LogP) is 1.86. The summed E-state index contributed by atoms with van der Waals surface area (Å²) in [7, 11) is -3.65. The number of nitriles is 1. The van der Waals surface area contributed by atoms with Crippen molar-refractivity contribution in [2.24, 2.45) is 0 Å². The number of hydrogen-bond acceptors (Lipinski definition) is 4. The molecule has 1 heterocycles. The van der Waals surface area contributed by atoms with E-state index in [9.17, 15) is 8.42 Å². The van der Waals surface area contributed by atoms with Crippen LogP contribution >= 0.6 is 0 Å². The summed E-state index contributed by atoms with van der Waals surface area (Å²) in [6.07, 6.45) is 3.05. The van der Waals surface area contributed by atoms with Gasteiger partial charge < -0.3 is 0 Å². The van der Waals surface area contributed by atoms with Crippen LogP contribution in [0.3, 0.4) is 0 Å². The van der Waals surface area contributed by atoms with Gasteiger partial charge in [0.25, 0.3) is 0 Å². The molecule has 1 aromatic heterocycles. The Labute approximate surface area is 124 Å². The maximum Gasteiger partial charge on any atom is 0.241 e. The number of hydrogen-bond donors (Lipinski definition) is 1. The van der Waals surface area contributed by atoms with E-state index >= 15 is 0 Å². The SMILES string of the molecule is N#Cc1ccccc1S(=O)(=O)NCCCc1ccccn1. The molecule has 108 valence electrons. The summed E-state index contributed by atoms with van der Waals surface area (Å²) in [6, 6.07) is 13.7. The van der Waals surface area contributed by atoms with Gasteiger partial charge in [0.1, 0.15) is 6.07 Å². The van der Waals surface area contributed by atoms with Crippen LogP contribution in [-0.2, 0) is 16.4 Å². The van der Waals surface area contributed by atoms with Gasteiger partial charge in [-0.15, -0.1) is 0 Å². The van der Waals surface area contributed by atoms with Gasteiger partial charge in [0, 0.05) is 18.4 Å².